The summed E-state index contributed by atoms with van der Waals surface area (Å²) in [5.41, 5.74) is 0.636. The molecule has 0 aromatic heterocycles. The fraction of sp³-hybridized carbons (Fsp3) is 0. The summed E-state index contributed by atoms with van der Waals surface area (Å²) in [6.07, 6.45) is 2.00. The first kappa shape index (κ1) is 9.98. The third kappa shape index (κ3) is 3.53. The normalized spacial score (nSPS) is 9.71. The maximum atomic E-state index is 11.0. The number of hydrogen-bond acceptors (Lipinski definition) is 3. The SMILES string of the molecule is O=CC=COC(=O)Nc1ccccc1. The molecular weight excluding hydrogens is 182 g/mol. The number of amides is 1. The van der Waals surface area contributed by atoms with Gasteiger partial charge in [0.2, 0.25) is 0 Å². The van der Waals surface area contributed by atoms with Crippen LogP contribution in [0, 0.1) is 0 Å². The molecule has 0 atom stereocenters. The molecule has 1 amide bonds. The highest BCUT2D eigenvalue weighted by molar-refractivity contribution is 5.85. The van der Waals surface area contributed by atoms with Crippen molar-refractivity contribution in [3.63, 3.8) is 0 Å². The Morgan fingerprint density at radius 2 is 2.00 bits per heavy atom. The number of aldehydes is 1. The Bertz CT molecular complexity index is 332. The van der Waals surface area contributed by atoms with Crippen molar-refractivity contribution in [3.05, 3.63) is 42.7 Å². The van der Waals surface area contributed by atoms with Crippen LogP contribution in [0.3, 0.4) is 0 Å². The topological polar surface area (TPSA) is 55.4 Å². The second kappa shape index (κ2) is 5.53. The van der Waals surface area contributed by atoms with Gasteiger partial charge < -0.3 is 4.74 Å². The summed E-state index contributed by atoms with van der Waals surface area (Å²) in [6, 6.07) is 8.87. The lowest BCUT2D eigenvalue weighted by molar-refractivity contribution is -0.104. The Hall–Kier alpha value is -2.10. The number of benzene rings is 1. The molecule has 0 radical (unpaired) electrons. The van der Waals surface area contributed by atoms with E-state index in [4.69, 9.17) is 0 Å². The van der Waals surface area contributed by atoms with Gasteiger partial charge in [-0.05, 0) is 12.1 Å². The summed E-state index contributed by atoms with van der Waals surface area (Å²) in [5, 5.41) is 2.47. The van der Waals surface area contributed by atoms with E-state index in [1.54, 1.807) is 24.3 Å². The van der Waals surface area contributed by atoms with Crippen molar-refractivity contribution in [2.24, 2.45) is 0 Å². The summed E-state index contributed by atoms with van der Waals surface area (Å²) >= 11 is 0. The van der Waals surface area contributed by atoms with Gasteiger partial charge in [0.15, 0.2) is 0 Å². The van der Waals surface area contributed by atoms with E-state index in [2.05, 4.69) is 10.1 Å². The van der Waals surface area contributed by atoms with Gasteiger partial charge in [-0.2, -0.15) is 0 Å². The number of ether oxygens (including phenoxy) is 1. The van der Waals surface area contributed by atoms with E-state index in [-0.39, 0.29) is 0 Å². The molecule has 0 bridgehead atoms. The predicted octanol–water partition coefficient (Wildman–Crippen LogP) is 1.95. The highest BCUT2D eigenvalue weighted by Crippen LogP contribution is 2.04. The molecule has 1 aromatic rings. The van der Waals surface area contributed by atoms with Crippen molar-refractivity contribution in [1.29, 1.82) is 0 Å². The molecule has 1 N–H and O–H groups in total. The Labute approximate surface area is 81.2 Å². The molecule has 4 heteroatoms. The smallest absolute Gasteiger partial charge is 0.416 e. The zero-order valence-electron chi connectivity index (χ0n) is 7.34. The number of carbonyl (C=O) groups excluding carboxylic acids is 2. The third-order valence-electron chi connectivity index (χ3n) is 1.35. The average Bonchev–Trinajstić information content (AvgIpc) is 2.20. The maximum Gasteiger partial charge on any atom is 0.416 e. The van der Waals surface area contributed by atoms with Crippen LogP contribution >= 0.6 is 0 Å². The Morgan fingerprint density at radius 3 is 2.64 bits per heavy atom. The standard InChI is InChI=1S/C10H9NO3/c12-7-4-8-14-10(13)11-9-5-2-1-3-6-9/h1-8H,(H,11,13). The minimum atomic E-state index is -0.630. The van der Waals surface area contributed by atoms with Crippen LogP contribution in [0.4, 0.5) is 10.5 Å². The van der Waals surface area contributed by atoms with Gasteiger partial charge in [-0.15, -0.1) is 0 Å². The quantitative estimate of drug-likeness (QED) is 0.451. The number of para-hydroxylation sites is 1. The first-order valence-electron chi connectivity index (χ1n) is 3.96. The van der Waals surface area contributed by atoms with Gasteiger partial charge in [0.05, 0.1) is 6.26 Å². The van der Waals surface area contributed by atoms with Crippen LogP contribution in [0.15, 0.2) is 42.7 Å². The molecule has 0 aliphatic heterocycles. The molecular formula is C10H9NO3. The van der Waals surface area contributed by atoms with Crippen molar-refractivity contribution in [3.8, 4) is 0 Å². The Balaban J connectivity index is 2.42. The lowest BCUT2D eigenvalue weighted by Gasteiger charge is -2.01. The Morgan fingerprint density at radius 1 is 1.29 bits per heavy atom. The summed E-state index contributed by atoms with van der Waals surface area (Å²) in [6.45, 7) is 0. The maximum absolute atomic E-state index is 11.0. The molecule has 72 valence electrons. The molecule has 0 heterocycles. The summed E-state index contributed by atoms with van der Waals surface area (Å²) in [7, 11) is 0. The first-order valence-corrected chi connectivity index (χ1v) is 3.96. The van der Waals surface area contributed by atoms with Gasteiger partial charge in [0, 0.05) is 11.8 Å². The van der Waals surface area contributed by atoms with Gasteiger partial charge in [0.25, 0.3) is 0 Å². The van der Waals surface area contributed by atoms with Crippen LogP contribution in [0.1, 0.15) is 0 Å². The van der Waals surface area contributed by atoms with Crippen molar-refractivity contribution in [2.75, 3.05) is 5.32 Å². The van der Waals surface area contributed by atoms with Gasteiger partial charge in [0.1, 0.15) is 6.29 Å². The van der Waals surface area contributed by atoms with E-state index in [0.29, 0.717) is 12.0 Å². The van der Waals surface area contributed by atoms with E-state index in [0.717, 1.165) is 12.3 Å². The molecule has 0 saturated heterocycles. The monoisotopic (exact) mass is 191 g/mol. The lowest BCUT2D eigenvalue weighted by atomic mass is 10.3. The number of rotatable bonds is 3. The molecule has 1 rings (SSSR count). The van der Waals surface area contributed by atoms with Crippen LogP contribution in [0.2, 0.25) is 0 Å². The molecule has 14 heavy (non-hydrogen) atoms. The number of nitrogens with one attached hydrogen (secondary N) is 1. The number of anilines is 1. The van der Waals surface area contributed by atoms with Crippen LogP contribution in [-0.4, -0.2) is 12.4 Å². The van der Waals surface area contributed by atoms with E-state index >= 15 is 0 Å². The van der Waals surface area contributed by atoms with Crippen molar-refractivity contribution in [1.82, 2.24) is 0 Å². The van der Waals surface area contributed by atoms with Crippen LogP contribution in [0.25, 0.3) is 0 Å². The fourth-order valence-electron chi connectivity index (χ4n) is 0.802. The van der Waals surface area contributed by atoms with Crippen LogP contribution in [0.5, 0.6) is 0 Å². The zero-order chi connectivity index (χ0) is 10.2. The minimum absolute atomic E-state index is 0.524. The third-order valence-corrected chi connectivity index (χ3v) is 1.35. The highest BCUT2D eigenvalue weighted by Gasteiger charge is 1.98. The summed E-state index contributed by atoms with van der Waals surface area (Å²) in [5.74, 6) is 0. The van der Waals surface area contributed by atoms with Crippen molar-refractivity contribution >= 4 is 18.1 Å². The van der Waals surface area contributed by atoms with Crippen LogP contribution < -0.4 is 5.32 Å². The van der Waals surface area contributed by atoms with E-state index in [9.17, 15) is 9.59 Å². The fourth-order valence-corrected chi connectivity index (χ4v) is 0.802. The lowest BCUT2D eigenvalue weighted by Crippen LogP contribution is -2.10. The van der Waals surface area contributed by atoms with E-state index < -0.39 is 6.09 Å². The predicted molar refractivity (Wildman–Crippen MR) is 51.7 cm³/mol. The summed E-state index contributed by atoms with van der Waals surface area (Å²) in [4.78, 5) is 20.8. The molecule has 4 nitrogen and oxygen atoms in total. The van der Waals surface area contributed by atoms with E-state index in [1.165, 1.54) is 0 Å². The Kier molecular flexibility index (Phi) is 3.94. The van der Waals surface area contributed by atoms with Gasteiger partial charge in [-0.1, -0.05) is 18.2 Å². The first-order chi connectivity index (χ1) is 6.83. The minimum Gasteiger partial charge on any atom is -0.418 e. The molecule has 0 saturated carbocycles. The van der Waals surface area contributed by atoms with Gasteiger partial charge in [-0.25, -0.2) is 4.79 Å². The molecule has 0 aliphatic carbocycles. The van der Waals surface area contributed by atoms with Crippen molar-refractivity contribution in [2.45, 2.75) is 0 Å². The second-order valence-corrected chi connectivity index (χ2v) is 2.36. The zero-order valence-corrected chi connectivity index (χ0v) is 7.34. The van der Waals surface area contributed by atoms with Crippen molar-refractivity contribution < 1.29 is 14.3 Å². The molecule has 0 aliphatic rings. The second-order valence-electron chi connectivity index (χ2n) is 2.36. The number of carbonyl (C=O) groups is 2. The van der Waals surface area contributed by atoms with E-state index in [1.807, 2.05) is 6.07 Å². The van der Waals surface area contributed by atoms with Crippen LogP contribution in [-0.2, 0) is 9.53 Å². The molecule has 0 spiro atoms. The van der Waals surface area contributed by atoms with Gasteiger partial charge in [-0.3, -0.25) is 10.1 Å². The number of hydrogen-bond donors (Lipinski definition) is 1. The number of allylic oxidation sites excluding steroid dienone is 1. The molecule has 1 aromatic carbocycles. The molecule has 0 unspecified atom stereocenters. The summed E-state index contributed by atoms with van der Waals surface area (Å²) < 4.78 is 4.52. The molecule has 0 fully saturated rings. The largest absolute Gasteiger partial charge is 0.418 e. The van der Waals surface area contributed by atoms with Gasteiger partial charge >= 0.3 is 6.09 Å². The average molecular weight is 191 g/mol. The highest BCUT2D eigenvalue weighted by atomic mass is 16.5.